The summed E-state index contributed by atoms with van der Waals surface area (Å²) >= 11 is 0. The van der Waals surface area contributed by atoms with Crippen LogP contribution in [0.15, 0.2) is 35.7 Å². The maximum atomic E-state index is 11.9. The number of sulfonamides is 1. The van der Waals surface area contributed by atoms with E-state index in [9.17, 15) is 8.42 Å². The molecule has 0 aliphatic rings. The molecule has 19 heavy (non-hydrogen) atoms. The smallest absolute Gasteiger partial charge is 0.234 e. The Kier molecular flexibility index (Phi) is 6.77. The molecule has 0 aliphatic carbocycles. The number of hydrogen-bond donors (Lipinski definition) is 2. The van der Waals surface area contributed by atoms with Gasteiger partial charge in [-0.3, -0.25) is 0 Å². The van der Waals surface area contributed by atoms with Gasteiger partial charge in [-0.2, -0.15) is 0 Å². The molecule has 1 rings (SSSR count). The second-order valence-electron chi connectivity index (χ2n) is 4.45. The molecule has 106 valence electrons. The molecule has 1 atom stereocenters. The van der Waals surface area contributed by atoms with Crippen LogP contribution in [0, 0.1) is 0 Å². The van der Waals surface area contributed by atoms with Crippen LogP contribution in [0.3, 0.4) is 0 Å². The third-order valence-electron chi connectivity index (χ3n) is 2.76. The van der Waals surface area contributed by atoms with Crippen molar-refractivity contribution in [2.45, 2.75) is 32.2 Å². The van der Waals surface area contributed by atoms with Crippen molar-refractivity contribution in [2.24, 2.45) is 5.73 Å². The molecular weight excluding hydrogens is 260 g/mol. The topological polar surface area (TPSA) is 72.2 Å². The molecule has 1 aromatic carbocycles. The van der Waals surface area contributed by atoms with Gasteiger partial charge in [0.15, 0.2) is 0 Å². The number of hydrogen-bond acceptors (Lipinski definition) is 3. The Hall–Kier alpha value is -1.17. The predicted molar refractivity (Wildman–Crippen MR) is 79.9 cm³/mol. The number of benzene rings is 1. The maximum absolute atomic E-state index is 11.9. The van der Waals surface area contributed by atoms with E-state index in [0.717, 1.165) is 24.8 Å². The average molecular weight is 282 g/mol. The van der Waals surface area contributed by atoms with Gasteiger partial charge in [0, 0.05) is 18.0 Å². The zero-order valence-electron chi connectivity index (χ0n) is 11.2. The van der Waals surface area contributed by atoms with Crippen molar-refractivity contribution >= 4 is 16.1 Å². The lowest BCUT2D eigenvalue weighted by Crippen LogP contribution is -2.39. The van der Waals surface area contributed by atoms with Crippen molar-refractivity contribution in [1.29, 1.82) is 0 Å². The first-order chi connectivity index (χ1) is 9.07. The van der Waals surface area contributed by atoms with Crippen molar-refractivity contribution < 1.29 is 8.42 Å². The van der Waals surface area contributed by atoms with Crippen LogP contribution in [0.4, 0.5) is 0 Å². The Morgan fingerprint density at radius 1 is 1.32 bits per heavy atom. The van der Waals surface area contributed by atoms with Crippen molar-refractivity contribution in [3.8, 4) is 0 Å². The maximum Gasteiger partial charge on any atom is 0.234 e. The SMILES string of the molecule is CCCCC(CN)NS(=O)(=O)/C=C/c1ccccc1. The predicted octanol–water partition coefficient (Wildman–Crippen LogP) is 2.09. The quantitative estimate of drug-likeness (QED) is 0.767. The van der Waals surface area contributed by atoms with Crippen molar-refractivity contribution in [2.75, 3.05) is 6.54 Å². The molecule has 0 saturated heterocycles. The summed E-state index contributed by atoms with van der Waals surface area (Å²) in [5.41, 5.74) is 6.43. The highest BCUT2D eigenvalue weighted by Gasteiger charge is 2.13. The minimum Gasteiger partial charge on any atom is -0.329 e. The Balaban J connectivity index is 2.62. The molecule has 0 radical (unpaired) electrons. The van der Waals surface area contributed by atoms with Crippen LogP contribution in [0.5, 0.6) is 0 Å². The highest BCUT2D eigenvalue weighted by Crippen LogP contribution is 2.05. The summed E-state index contributed by atoms with van der Waals surface area (Å²) in [6.07, 6.45) is 4.34. The summed E-state index contributed by atoms with van der Waals surface area (Å²) in [5.74, 6) is 0. The molecule has 5 heteroatoms. The first kappa shape index (κ1) is 15.9. The highest BCUT2D eigenvalue weighted by atomic mass is 32.2. The summed E-state index contributed by atoms with van der Waals surface area (Å²) < 4.78 is 26.4. The number of nitrogens with one attached hydrogen (secondary N) is 1. The summed E-state index contributed by atoms with van der Waals surface area (Å²) in [6.45, 7) is 2.38. The summed E-state index contributed by atoms with van der Waals surface area (Å²) in [5, 5.41) is 1.19. The van der Waals surface area contributed by atoms with Crippen LogP contribution in [0.1, 0.15) is 31.7 Å². The molecule has 0 saturated carbocycles. The fourth-order valence-corrected chi connectivity index (χ4v) is 2.77. The number of unbranched alkanes of at least 4 members (excludes halogenated alkanes) is 1. The molecule has 4 nitrogen and oxygen atoms in total. The molecule has 0 aromatic heterocycles. The standard InChI is InChI=1S/C14H22N2O2S/c1-2-3-9-14(12-15)16-19(17,18)11-10-13-7-5-4-6-8-13/h4-8,10-11,14,16H,2-3,9,12,15H2,1H3/b11-10+. The van der Waals surface area contributed by atoms with E-state index in [1.165, 1.54) is 5.41 Å². The van der Waals surface area contributed by atoms with Crippen molar-refractivity contribution in [3.63, 3.8) is 0 Å². The van der Waals surface area contributed by atoms with E-state index in [1.807, 2.05) is 30.3 Å². The molecule has 0 aliphatic heterocycles. The Bertz CT molecular complexity index is 483. The minimum absolute atomic E-state index is 0.189. The fourth-order valence-electron chi connectivity index (χ4n) is 1.68. The van der Waals surface area contributed by atoms with E-state index < -0.39 is 10.0 Å². The average Bonchev–Trinajstić information content (AvgIpc) is 2.42. The zero-order chi connectivity index (χ0) is 14.1. The van der Waals surface area contributed by atoms with Gasteiger partial charge < -0.3 is 5.73 Å². The molecule has 1 aromatic rings. The minimum atomic E-state index is -3.43. The van der Waals surface area contributed by atoms with Gasteiger partial charge in [0.1, 0.15) is 0 Å². The highest BCUT2D eigenvalue weighted by molar-refractivity contribution is 7.92. The van der Waals surface area contributed by atoms with E-state index in [-0.39, 0.29) is 6.04 Å². The first-order valence-electron chi connectivity index (χ1n) is 6.53. The van der Waals surface area contributed by atoms with Crippen LogP contribution in [0.25, 0.3) is 6.08 Å². The first-order valence-corrected chi connectivity index (χ1v) is 8.07. The van der Waals surface area contributed by atoms with Crippen LogP contribution < -0.4 is 10.5 Å². The lowest BCUT2D eigenvalue weighted by molar-refractivity contribution is 0.521. The third kappa shape index (κ3) is 6.52. The van der Waals surface area contributed by atoms with Gasteiger partial charge in [0.25, 0.3) is 0 Å². The molecular formula is C14H22N2O2S. The molecule has 3 N–H and O–H groups in total. The van der Waals surface area contributed by atoms with Crippen LogP contribution >= 0.6 is 0 Å². The van der Waals surface area contributed by atoms with E-state index in [1.54, 1.807) is 6.08 Å². The lowest BCUT2D eigenvalue weighted by Gasteiger charge is -2.14. The lowest BCUT2D eigenvalue weighted by atomic mass is 10.1. The second kappa shape index (κ2) is 8.09. The van der Waals surface area contributed by atoms with E-state index in [2.05, 4.69) is 11.6 Å². The molecule has 0 fully saturated rings. The zero-order valence-corrected chi connectivity index (χ0v) is 12.1. The molecule has 0 heterocycles. The van der Waals surface area contributed by atoms with Crippen LogP contribution in [-0.2, 0) is 10.0 Å². The third-order valence-corrected chi connectivity index (χ3v) is 3.92. The van der Waals surface area contributed by atoms with Crippen molar-refractivity contribution in [3.05, 3.63) is 41.3 Å². The Morgan fingerprint density at radius 3 is 2.58 bits per heavy atom. The molecule has 1 unspecified atom stereocenters. The second-order valence-corrected chi connectivity index (χ2v) is 6.05. The fraction of sp³-hybridized carbons (Fsp3) is 0.429. The van der Waals surface area contributed by atoms with Gasteiger partial charge in [-0.05, 0) is 18.1 Å². The van der Waals surface area contributed by atoms with Crippen molar-refractivity contribution in [1.82, 2.24) is 4.72 Å². The summed E-state index contributed by atoms with van der Waals surface area (Å²) in [4.78, 5) is 0. The molecule has 0 bridgehead atoms. The van der Waals surface area contributed by atoms with Gasteiger partial charge in [-0.1, -0.05) is 50.1 Å². The summed E-state index contributed by atoms with van der Waals surface area (Å²) in [6, 6.07) is 9.13. The summed E-state index contributed by atoms with van der Waals surface area (Å²) in [7, 11) is -3.43. The molecule has 0 spiro atoms. The van der Waals surface area contributed by atoms with E-state index in [0.29, 0.717) is 6.54 Å². The van der Waals surface area contributed by atoms with E-state index >= 15 is 0 Å². The Labute approximate surface area is 115 Å². The monoisotopic (exact) mass is 282 g/mol. The Morgan fingerprint density at radius 2 is 2.00 bits per heavy atom. The van der Waals surface area contributed by atoms with Crippen LogP contribution in [0.2, 0.25) is 0 Å². The van der Waals surface area contributed by atoms with Gasteiger partial charge in [0.2, 0.25) is 10.0 Å². The van der Waals surface area contributed by atoms with Gasteiger partial charge in [0.05, 0.1) is 0 Å². The van der Waals surface area contributed by atoms with Crippen LogP contribution in [-0.4, -0.2) is 21.0 Å². The largest absolute Gasteiger partial charge is 0.329 e. The van der Waals surface area contributed by atoms with E-state index in [4.69, 9.17) is 5.73 Å². The van der Waals surface area contributed by atoms with Gasteiger partial charge in [-0.15, -0.1) is 0 Å². The molecule has 0 amide bonds. The number of rotatable bonds is 8. The van der Waals surface area contributed by atoms with Gasteiger partial charge >= 0.3 is 0 Å². The number of nitrogens with two attached hydrogens (primary N) is 1. The normalized spacial score (nSPS) is 13.8. The van der Waals surface area contributed by atoms with Gasteiger partial charge in [-0.25, -0.2) is 13.1 Å².